The van der Waals surface area contributed by atoms with Crippen LogP contribution in [0.5, 0.6) is 11.5 Å². The average molecular weight is 399 g/mol. The maximum Gasteiger partial charge on any atom is 0.234 e. The van der Waals surface area contributed by atoms with Gasteiger partial charge in [0.25, 0.3) is 0 Å². The van der Waals surface area contributed by atoms with E-state index in [9.17, 15) is 9.90 Å². The molecule has 1 unspecified atom stereocenters. The Morgan fingerprint density at radius 2 is 1.79 bits per heavy atom. The largest absolute Gasteiger partial charge is 0.497 e. The standard InChI is InChI=1S/C23H30N2O4/c1-15-7-16(2)23(17(3)8-15)18-9-20(28-4)11-21(10-18)29-14-19(26)12-25-6-5-24-22(27)13-25/h7-11,19,26H,5-6,12-14H2,1-4H3,(H,24,27). The van der Waals surface area contributed by atoms with Gasteiger partial charge in [0.2, 0.25) is 5.91 Å². The molecule has 0 aromatic heterocycles. The lowest BCUT2D eigenvalue weighted by atomic mass is 9.93. The number of β-amino-alcohol motifs (C(OH)–C–C–N with tert-alkyl or cyclic N) is 1. The molecule has 156 valence electrons. The summed E-state index contributed by atoms with van der Waals surface area (Å²) >= 11 is 0. The van der Waals surface area contributed by atoms with Crippen molar-refractivity contribution in [3.8, 4) is 22.6 Å². The summed E-state index contributed by atoms with van der Waals surface area (Å²) in [6.45, 7) is 8.52. The molecule has 1 heterocycles. The number of piperazine rings is 1. The molecule has 1 fully saturated rings. The summed E-state index contributed by atoms with van der Waals surface area (Å²) in [5, 5.41) is 13.1. The lowest BCUT2D eigenvalue weighted by Crippen LogP contribution is -2.50. The van der Waals surface area contributed by atoms with E-state index in [1.807, 2.05) is 23.1 Å². The Morgan fingerprint density at radius 1 is 1.10 bits per heavy atom. The average Bonchev–Trinajstić information content (AvgIpc) is 2.65. The minimum Gasteiger partial charge on any atom is -0.497 e. The summed E-state index contributed by atoms with van der Waals surface area (Å²) < 4.78 is 11.4. The van der Waals surface area contributed by atoms with Gasteiger partial charge in [-0.1, -0.05) is 17.7 Å². The smallest absolute Gasteiger partial charge is 0.234 e. The van der Waals surface area contributed by atoms with Crippen LogP contribution in [0.1, 0.15) is 16.7 Å². The normalized spacial score (nSPS) is 15.7. The fraction of sp³-hybridized carbons (Fsp3) is 0.435. The van der Waals surface area contributed by atoms with Crippen LogP contribution in [0.15, 0.2) is 30.3 Å². The molecule has 0 spiro atoms. The second kappa shape index (κ2) is 9.29. The van der Waals surface area contributed by atoms with Crippen molar-refractivity contribution in [1.29, 1.82) is 0 Å². The molecule has 1 amide bonds. The molecule has 1 aliphatic rings. The number of rotatable bonds is 7. The van der Waals surface area contributed by atoms with Crippen LogP contribution in [0, 0.1) is 20.8 Å². The molecule has 6 heteroatoms. The van der Waals surface area contributed by atoms with Crippen LogP contribution in [0.4, 0.5) is 0 Å². The van der Waals surface area contributed by atoms with Gasteiger partial charge in [0.15, 0.2) is 0 Å². The second-order valence-corrected chi connectivity index (χ2v) is 7.72. The van der Waals surface area contributed by atoms with Gasteiger partial charge >= 0.3 is 0 Å². The first-order valence-corrected chi connectivity index (χ1v) is 9.93. The van der Waals surface area contributed by atoms with Gasteiger partial charge in [-0.15, -0.1) is 0 Å². The number of nitrogens with one attached hydrogen (secondary N) is 1. The summed E-state index contributed by atoms with van der Waals surface area (Å²) in [5.41, 5.74) is 5.82. The quantitative estimate of drug-likeness (QED) is 0.750. The van der Waals surface area contributed by atoms with Gasteiger partial charge < -0.3 is 19.9 Å². The molecule has 0 bridgehead atoms. The Balaban J connectivity index is 1.73. The molecular weight excluding hydrogens is 368 g/mol. The van der Waals surface area contributed by atoms with Crippen LogP contribution >= 0.6 is 0 Å². The molecule has 2 N–H and O–H groups in total. The van der Waals surface area contributed by atoms with Gasteiger partial charge in [-0.3, -0.25) is 9.69 Å². The second-order valence-electron chi connectivity index (χ2n) is 7.72. The van der Waals surface area contributed by atoms with E-state index in [-0.39, 0.29) is 12.5 Å². The van der Waals surface area contributed by atoms with Gasteiger partial charge in [0.05, 0.1) is 13.7 Å². The van der Waals surface area contributed by atoms with Crippen LogP contribution < -0.4 is 14.8 Å². The van der Waals surface area contributed by atoms with Gasteiger partial charge in [-0.2, -0.15) is 0 Å². The van der Waals surface area contributed by atoms with E-state index in [2.05, 4.69) is 38.2 Å². The predicted octanol–water partition coefficient (Wildman–Crippen LogP) is 2.46. The van der Waals surface area contributed by atoms with Crippen molar-refractivity contribution in [3.63, 3.8) is 0 Å². The number of hydrogen-bond acceptors (Lipinski definition) is 5. The van der Waals surface area contributed by atoms with E-state index in [4.69, 9.17) is 9.47 Å². The Bertz CT molecular complexity index is 858. The molecule has 1 aliphatic heterocycles. The highest BCUT2D eigenvalue weighted by Gasteiger charge is 2.19. The minimum atomic E-state index is -0.682. The number of aliphatic hydroxyl groups is 1. The van der Waals surface area contributed by atoms with E-state index < -0.39 is 6.10 Å². The molecule has 0 saturated carbocycles. The summed E-state index contributed by atoms with van der Waals surface area (Å²) in [4.78, 5) is 13.4. The maximum atomic E-state index is 11.5. The Kier molecular flexibility index (Phi) is 6.77. The summed E-state index contributed by atoms with van der Waals surface area (Å²) in [6, 6.07) is 10.1. The van der Waals surface area contributed by atoms with E-state index in [0.717, 1.165) is 12.1 Å². The van der Waals surface area contributed by atoms with Crippen LogP contribution in [0.2, 0.25) is 0 Å². The van der Waals surface area contributed by atoms with Crippen molar-refractivity contribution in [2.75, 3.05) is 39.9 Å². The Labute approximate surface area is 172 Å². The third kappa shape index (κ3) is 5.49. The van der Waals surface area contributed by atoms with Crippen LogP contribution in [-0.4, -0.2) is 61.9 Å². The number of aliphatic hydroxyl groups excluding tert-OH is 1. The van der Waals surface area contributed by atoms with Crippen LogP contribution in [0.3, 0.4) is 0 Å². The zero-order valence-corrected chi connectivity index (χ0v) is 17.6. The third-order valence-corrected chi connectivity index (χ3v) is 5.11. The van der Waals surface area contributed by atoms with Crippen LogP contribution in [-0.2, 0) is 4.79 Å². The van der Waals surface area contributed by atoms with E-state index in [1.165, 1.54) is 22.3 Å². The van der Waals surface area contributed by atoms with Gasteiger partial charge in [-0.25, -0.2) is 0 Å². The zero-order chi connectivity index (χ0) is 21.0. The summed E-state index contributed by atoms with van der Waals surface area (Å²) in [7, 11) is 1.63. The predicted molar refractivity (Wildman–Crippen MR) is 114 cm³/mol. The highest BCUT2D eigenvalue weighted by molar-refractivity contribution is 5.78. The number of nitrogens with zero attached hydrogens (tertiary/aromatic N) is 1. The molecule has 2 aromatic carbocycles. The fourth-order valence-electron chi connectivity index (χ4n) is 3.94. The van der Waals surface area contributed by atoms with Crippen molar-refractivity contribution in [2.24, 2.45) is 0 Å². The molecule has 2 aromatic rings. The molecule has 0 aliphatic carbocycles. The van der Waals surface area contributed by atoms with Gasteiger partial charge in [0, 0.05) is 25.7 Å². The van der Waals surface area contributed by atoms with E-state index >= 15 is 0 Å². The van der Waals surface area contributed by atoms with Gasteiger partial charge in [0.1, 0.15) is 24.2 Å². The Hall–Kier alpha value is -2.57. The first-order chi connectivity index (χ1) is 13.9. The minimum absolute atomic E-state index is 0.00866. The number of carbonyl (C=O) groups is 1. The zero-order valence-electron chi connectivity index (χ0n) is 17.6. The maximum absolute atomic E-state index is 11.5. The van der Waals surface area contributed by atoms with E-state index in [1.54, 1.807) is 7.11 Å². The van der Waals surface area contributed by atoms with Crippen molar-refractivity contribution in [3.05, 3.63) is 47.0 Å². The highest BCUT2D eigenvalue weighted by atomic mass is 16.5. The number of benzene rings is 2. The first kappa shape index (κ1) is 21.1. The Morgan fingerprint density at radius 3 is 2.45 bits per heavy atom. The number of amides is 1. The van der Waals surface area contributed by atoms with Crippen LogP contribution in [0.25, 0.3) is 11.1 Å². The summed E-state index contributed by atoms with van der Waals surface area (Å²) in [5.74, 6) is 1.35. The van der Waals surface area contributed by atoms with Crippen molar-refractivity contribution in [1.82, 2.24) is 10.2 Å². The highest BCUT2D eigenvalue weighted by Crippen LogP contribution is 2.34. The molecule has 3 rings (SSSR count). The molecule has 1 saturated heterocycles. The van der Waals surface area contributed by atoms with E-state index in [0.29, 0.717) is 31.1 Å². The molecular formula is C23H30N2O4. The molecule has 29 heavy (non-hydrogen) atoms. The number of methoxy groups -OCH3 is 1. The van der Waals surface area contributed by atoms with Crippen molar-refractivity contribution < 1.29 is 19.4 Å². The number of ether oxygens (including phenoxy) is 2. The number of aryl methyl sites for hydroxylation is 3. The number of hydrogen-bond donors (Lipinski definition) is 2. The van der Waals surface area contributed by atoms with Crippen molar-refractivity contribution in [2.45, 2.75) is 26.9 Å². The van der Waals surface area contributed by atoms with Gasteiger partial charge in [-0.05, 0) is 55.2 Å². The SMILES string of the molecule is COc1cc(OCC(O)CN2CCNC(=O)C2)cc(-c2c(C)cc(C)cc2C)c1. The summed E-state index contributed by atoms with van der Waals surface area (Å²) in [6.07, 6.45) is -0.682. The number of carbonyl (C=O) groups excluding carboxylic acids is 1. The molecule has 0 radical (unpaired) electrons. The molecule has 6 nitrogen and oxygen atoms in total. The monoisotopic (exact) mass is 398 g/mol. The third-order valence-electron chi connectivity index (χ3n) is 5.11. The first-order valence-electron chi connectivity index (χ1n) is 9.93. The van der Waals surface area contributed by atoms with Crippen molar-refractivity contribution >= 4 is 5.91 Å². The molecule has 1 atom stereocenters. The lowest BCUT2D eigenvalue weighted by molar-refractivity contribution is -0.124. The topological polar surface area (TPSA) is 71.0 Å². The lowest BCUT2D eigenvalue weighted by Gasteiger charge is -2.28. The fourth-order valence-corrected chi connectivity index (χ4v) is 3.94.